The van der Waals surface area contributed by atoms with Crippen LogP contribution in [0.25, 0.3) is 0 Å². The Morgan fingerprint density at radius 1 is 1.53 bits per heavy atom. The third-order valence-corrected chi connectivity index (χ3v) is 3.23. The summed E-state index contributed by atoms with van der Waals surface area (Å²) in [4.78, 5) is 11.9. The average Bonchev–Trinajstić information content (AvgIpc) is 2.89. The van der Waals surface area contributed by atoms with E-state index in [9.17, 15) is 4.79 Å². The minimum Gasteiger partial charge on any atom is -0.494 e. The van der Waals surface area contributed by atoms with E-state index < -0.39 is 0 Å². The van der Waals surface area contributed by atoms with Crippen LogP contribution in [-0.2, 0) is 4.79 Å². The first kappa shape index (κ1) is 13.9. The molecule has 0 saturated carbocycles. The summed E-state index contributed by atoms with van der Waals surface area (Å²) < 4.78 is 5.55. The number of carbonyl (C=O) groups is 1. The van der Waals surface area contributed by atoms with Gasteiger partial charge in [-0.25, -0.2) is 0 Å². The highest BCUT2D eigenvalue weighted by atomic mass is 16.5. The summed E-state index contributed by atoms with van der Waals surface area (Å²) in [6.07, 6.45) is 2.66. The first-order chi connectivity index (χ1) is 9.28. The van der Waals surface area contributed by atoms with E-state index in [0.29, 0.717) is 18.9 Å². The normalized spacial score (nSPS) is 18.3. The highest BCUT2D eigenvalue weighted by molar-refractivity contribution is 5.91. The number of benzene rings is 1. The van der Waals surface area contributed by atoms with Gasteiger partial charge in [-0.05, 0) is 44.0 Å². The predicted octanol–water partition coefficient (Wildman–Crippen LogP) is 2.41. The van der Waals surface area contributed by atoms with Crippen molar-refractivity contribution in [3.8, 4) is 5.75 Å². The quantitative estimate of drug-likeness (QED) is 0.827. The average molecular weight is 262 g/mol. The predicted molar refractivity (Wildman–Crippen MR) is 76.5 cm³/mol. The van der Waals surface area contributed by atoms with Gasteiger partial charge in [0, 0.05) is 18.2 Å². The molecule has 1 aliphatic heterocycles. The standard InChI is InChI=1S/C15H22N2O2/c1-2-8-19-14-5-3-4-13(10-14)17-15(18)9-12-6-7-16-11-12/h3-5,10,12,16H,2,6-9,11H2,1H3,(H,17,18). The molecular weight excluding hydrogens is 240 g/mol. The molecule has 4 heteroatoms. The Kier molecular flexibility index (Phi) is 5.21. The summed E-state index contributed by atoms with van der Waals surface area (Å²) in [5.41, 5.74) is 0.810. The number of nitrogens with one attached hydrogen (secondary N) is 2. The van der Waals surface area contributed by atoms with E-state index in [1.54, 1.807) is 0 Å². The van der Waals surface area contributed by atoms with E-state index in [0.717, 1.165) is 37.4 Å². The van der Waals surface area contributed by atoms with Gasteiger partial charge in [-0.2, -0.15) is 0 Å². The van der Waals surface area contributed by atoms with Crippen molar-refractivity contribution in [2.45, 2.75) is 26.2 Å². The summed E-state index contributed by atoms with van der Waals surface area (Å²) in [6.45, 7) is 4.75. The lowest BCUT2D eigenvalue weighted by atomic mass is 10.0. The fourth-order valence-corrected chi connectivity index (χ4v) is 2.25. The van der Waals surface area contributed by atoms with Gasteiger partial charge in [-0.1, -0.05) is 13.0 Å². The van der Waals surface area contributed by atoms with Crippen molar-refractivity contribution in [2.24, 2.45) is 5.92 Å². The van der Waals surface area contributed by atoms with Crippen molar-refractivity contribution in [3.63, 3.8) is 0 Å². The van der Waals surface area contributed by atoms with Crippen molar-refractivity contribution in [1.29, 1.82) is 0 Å². The molecule has 0 bridgehead atoms. The minimum absolute atomic E-state index is 0.0846. The third-order valence-electron chi connectivity index (χ3n) is 3.23. The Labute approximate surface area is 114 Å². The van der Waals surface area contributed by atoms with Gasteiger partial charge in [0.05, 0.1) is 6.61 Å². The molecule has 0 spiro atoms. The maximum absolute atomic E-state index is 11.9. The zero-order valence-electron chi connectivity index (χ0n) is 11.4. The van der Waals surface area contributed by atoms with Crippen molar-refractivity contribution in [1.82, 2.24) is 5.32 Å². The lowest BCUT2D eigenvalue weighted by Gasteiger charge is -2.10. The Bertz CT molecular complexity index is 414. The minimum atomic E-state index is 0.0846. The molecule has 2 rings (SSSR count). The molecular formula is C15H22N2O2. The summed E-state index contributed by atoms with van der Waals surface area (Å²) in [6, 6.07) is 7.58. The Balaban J connectivity index is 1.85. The molecule has 1 aromatic rings. The SMILES string of the molecule is CCCOc1cccc(NC(=O)CC2CCNC2)c1. The zero-order chi connectivity index (χ0) is 13.5. The molecule has 2 N–H and O–H groups in total. The second kappa shape index (κ2) is 7.14. The number of ether oxygens (including phenoxy) is 1. The number of hydrogen-bond acceptors (Lipinski definition) is 3. The van der Waals surface area contributed by atoms with Crippen LogP contribution in [0.4, 0.5) is 5.69 Å². The molecule has 19 heavy (non-hydrogen) atoms. The fraction of sp³-hybridized carbons (Fsp3) is 0.533. The van der Waals surface area contributed by atoms with Crippen LogP contribution < -0.4 is 15.4 Å². The molecule has 1 heterocycles. The van der Waals surface area contributed by atoms with E-state index >= 15 is 0 Å². The lowest BCUT2D eigenvalue weighted by Crippen LogP contribution is -2.18. The molecule has 4 nitrogen and oxygen atoms in total. The van der Waals surface area contributed by atoms with Gasteiger partial charge in [0.2, 0.25) is 5.91 Å². The van der Waals surface area contributed by atoms with E-state index in [2.05, 4.69) is 17.6 Å². The van der Waals surface area contributed by atoms with Crippen LogP contribution >= 0.6 is 0 Å². The largest absolute Gasteiger partial charge is 0.494 e. The molecule has 1 fully saturated rings. The van der Waals surface area contributed by atoms with E-state index in [1.165, 1.54) is 0 Å². The van der Waals surface area contributed by atoms with Crippen LogP contribution in [0.5, 0.6) is 5.75 Å². The number of amides is 1. The summed E-state index contributed by atoms with van der Waals surface area (Å²) in [7, 11) is 0. The monoisotopic (exact) mass is 262 g/mol. The smallest absolute Gasteiger partial charge is 0.224 e. The number of carbonyl (C=O) groups excluding carboxylic acids is 1. The zero-order valence-corrected chi connectivity index (χ0v) is 11.4. The molecule has 0 radical (unpaired) electrons. The van der Waals surface area contributed by atoms with Crippen molar-refractivity contribution in [3.05, 3.63) is 24.3 Å². The van der Waals surface area contributed by atoms with Crippen molar-refractivity contribution in [2.75, 3.05) is 25.0 Å². The molecule has 1 amide bonds. The maximum atomic E-state index is 11.9. The molecule has 1 aromatic carbocycles. The van der Waals surface area contributed by atoms with Gasteiger partial charge in [-0.3, -0.25) is 4.79 Å². The lowest BCUT2D eigenvalue weighted by molar-refractivity contribution is -0.116. The van der Waals surface area contributed by atoms with Crippen LogP contribution in [0.3, 0.4) is 0 Å². The van der Waals surface area contributed by atoms with Crippen molar-refractivity contribution >= 4 is 11.6 Å². The topological polar surface area (TPSA) is 50.4 Å². The second-order valence-corrected chi connectivity index (χ2v) is 4.99. The summed E-state index contributed by atoms with van der Waals surface area (Å²) in [5, 5.41) is 6.21. The Hall–Kier alpha value is -1.55. The van der Waals surface area contributed by atoms with E-state index in [-0.39, 0.29) is 5.91 Å². The highest BCUT2D eigenvalue weighted by Gasteiger charge is 2.17. The van der Waals surface area contributed by atoms with Gasteiger partial charge < -0.3 is 15.4 Å². The number of rotatable bonds is 6. The van der Waals surface area contributed by atoms with E-state index in [4.69, 9.17) is 4.74 Å². The molecule has 1 aliphatic rings. The molecule has 0 aliphatic carbocycles. The van der Waals surface area contributed by atoms with Gasteiger partial charge in [0.15, 0.2) is 0 Å². The van der Waals surface area contributed by atoms with Gasteiger partial charge >= 0.3 is 0 Å². The van der Waals surface area contributed by atoms with Crippen molar-refractivity contribution < 1.29 is 9.53 Å². The Morgan fingerprint density at radius 2 is 2.42 bits per heavy atom. The van der Waals surface area contributed by atoms with Gasteiger partial charge in [0.25, 0.3) is 0 Å². The van der Waals surface area contributed by atoms with Crippen LogP contribution in [0, 0.1) is 5.92 Å². The summed E-state index contributed by atoms with van der Waals surface area (Å²) >= 11 is 0. The van der Waals surface area contributed by atoms with Crippen LogP contribution in [-0.4, -0.2) is 25.6 Å². The van der Waals surface area contributed by atoms with Gasteiger partial charge in [-0.15, -0.1) is 0 Å². The molecule has 1 atom stereocenters. The molecule has 1 saturated heterocycles. The van der Waals surface area contributed by atoms with Crippen LogP contribution in [0.15, 0.2) is 24.3 Å². The number of hydrogen-bond donors (Lipinski definition) is 2. The third kappa shape index (κ3) is 4.56. The van der Waals surface area contributed by atoms with Gasteiger partial charge in [0.1, 0.15) is 5.75 Å². The molecule has 1 unspecified atom stereocenters. The maximum Gasteiger partial charge on any atom is 0.224 e. The second-order valence-electron chi connectivity index (χ2n) is 4.99. The number of anilines is 1. The van der Waals surface area contributed by atoms with Crippen LogP contribution in [0.2, 0.25) is 0 Å². The molecule has 0 aromatic heterocycles. The highest BCUT2D eigenvalue weighted by Crippen LogP contribution is 2.19. The summed E-state index contributed by atoms with van der Waals surface area (Å²) in [5.74, 6) is 1.36. The van der Waals surface area contributed by atoms with E-state index in [1.807, 2.05) is 24.3 Å². The first-order valence-electron chi connectivity index (χ1n) is 7.01. The fourth-order valence-electron chi connectivity index (χ4n) is 2.25. The van der Waals surface area contributed by atoms with Crippen LogP contribution in [0.1, 0.15) is 26.2 Å². The Morgan fingerprint density at radius 3 is 3.16 bits per heavy atom. The molecule has 104 valence electrons. The first-order valence-corrected chi connectivity index (χ1v) is 7.01.